The van der Waals surface area contributed by atoms with Gasteiger partial charge in [-0.25, -0.2) is 0 Å². The van der Waals surface area contributed by atoms with E-state index in [4.69, 9.17) is 14.6 Å². The van der Waals surface area contributed by atoms with Gasteiger partial charge in [0, 0.05) is 30.1 Å². The Labute approximate surface area is 240 Å². The molecule has 7 nitrogen and oxygen atoms in total. The number of aliphatic carboxylic acids is 2. The van der Waals surface area contributed by atoms with Gasteiger partial charge in [0.05, 0.1) is 19.6 Å². The van der Waals surface area contributed by atoms with E-state index < -0.39 is 11.9 Å². The molecule has 0 saturated carbocycles. The zero-order chi connectivity index (χ0) is 29.0. The maximum absolute atomic E-state index is 11.5. The van der Waals surface area contributed by atoms with E-state index in [1.54, 1.807) is 0 Å². The third-order valence-corrected chi connectivity index (χ3v) is 6.87. The van der Waals surface area contributed by atoms with Crippen molar-refractivity contribution in [2.45, 2.75) is 52.0 Å². The van der Waals surface area contributed by atoms with Crippen LogP contribution in [0.4, 0.5) is 0 Å². The molecule has 41 heavy (non-hydrogen) atoms. The van der Waals surface area contributed by atoms with Crippen LogP contribution < -0.4 is 9.47 Å². The van der Waals surface area contributed by atoms with Crippen LogP contribution in [0.15, 0.2) is 72.9 Å². The Hall–Kier alpha value is -4.52. The number of hydrogen-bond donors (Lipinski definition) is 2. The minimum absolute atomic E-state index is 0.0652. The molecule has 0 saturated heterocycles. The summed E-state index contributed by atoms with van der Waals surface area (Å²) in [6.07, 6.45) is 9.06. The van der Waals surface area contributed by atoms with Gasteiger partial charge in [-0.3, -0.25) is 9.59 Å². The molecule has 1 heterocycles. The second-order valence-corrected chi connectivity index (χ2v) is 9.96. The highest BCUT2D eigenvalue weighted by atomic mass is 16.5. The molecule has 7 heteroatoms. The van der Waals surface area contributed by atoms with Gasteiger partial charge in [-0.2, -0.15) is 0 Å². The van der Waals surface area contributed by atoms with E-state index >= 15 is 0 Å². The Morgan fingerprint density at radius 3 is 2.27 bits per heavy atom. The highest BCUT2D eigenvalue weighted by Gasteiger charge is 2.14. The van der Waals surface area contributed by atoms with Crippen LogP contribution in [0.5, 0.6) is 11.5 Å². The predicted molar refractivity (Wildman–Crippen MR) is 162 cm³/mol. The molecule has 1 aromatic heterocycles. The summed E-state index contributed by atoms with van der Waals surface area (Å²) in [6, 6.07) is 21.9. The lowest BCUT2D eigenvalue weighted by Gasteiger charge is -2.09. The molecule has 0 fully saturated rings. The van der Waals surface area contributed by atoms with Gasteiger partial charge in [0.25, 0.3) is 0 Å². The van der Waals surface area contributed by atoms with Crippen molar-refractivity contribution in [3.05, 3.63) is 95.2 Å². The van der Waals surface area contributed by atoms with Gasteiger partial charge in [0.15, 0.2) is 0 Å². The van der Waals surface area contributed by atoms with Gasteiger partial charge < -0.3 is 24.3 Å². The summed E-state index contributed by atoms with van der Waals surface area (Å²) in [7, 11) is 0. The summed E-state index contributed by atoms with van der Waals surface area (Å²) < 4.78 is 13.7. The second kappa shape index (κ2) is 14.7. The molecule has 3 aromatic carbocycles. The van der Waals surface area contributed by atoms with E-state index in [9.17, 15) is 14.7 Å². The van der Waals surface area contributed by atoms with E-state index in [1.807, 2.05) is 77.5 Å². The molecular formula is C34H37NO6. The van der Waals surface area contributed by atoms with Gasteiger partial charge in [0.1, 0.15) is 11.5 Å². The number of nitrogens with zero attached hydrogens (tertiary/aromatic N) is 1. The lowest BCUT2D eigenvalue weighted by atomic mass is 10.0. The van der Waals surface area contributed by atoms with Crippen LogP contribution in [0, 0.1) is 0 Å². The molecular weight excluding hydrogens is 518 g/mol. The third kappa shape index (κ3) is 8.73. The van der Waals surface area contributed by atoms with Crippen molar-refractivity contribution in [1.29, 1.82) is 0 Å². The number of fused-ring (bicyclic) bond motifs is 1. The lowest BCUT2D eigenvalue weighted by Crippen LogP contribution is -2.02. The topological polar surface area (TPSA) is 98.0 Å². The van der Waals surface area contributed by atoms with Crippen molar-refractivity contribution in [2.24, 2.45) is 0 Å². The maximum atomic E-state index is 11.5. The van der Waals surface area contributed by atoms with Crippen LogP contribution in [0.1, 0.15) is 54.9 Å². The second-order valence-electron chi connectivity index (χ2n) is 9.96. The number of hydrogen-bond acceptors (Lipinski definition) is 4. The Balaban J connectivity index is 1.33. The number of aromatic nitrogens is 1. The Morgan fingerprint density at radius 1 is 0.829 bits per heavy atom. The van der Waals surface area contributed by atoms with Gasteiger partial charge in [-0.15, -0.1) is 0 Å². The van der Waals surface area contributed by atoms with Gasteiger partial charge in [-0.1, -0.05) is 55.5 Å². The van der Waals surface area contributed by atoms with Gasteiger partial charge >= 0.3 is 11.9 Å². The number of ether oxygens (including phenoxy) is 2. The first kappa shape index (κ1) is 29.5. The van der Waals surface area contributed by atoms with Crippen LogP contribution >= 0.6 is 0 Å². The van der Waals surface area contributed by atoms with Gasteiger partial charge in [0.2, 0.25) is 0 Å². The fourth-order valence-electron chi connectivity index (χ4n) is 4.79. The van der Waals surface area contributed by atoms with Crippen LogP contribution in [-0.2, 0) is 29.0 Å². The first-order valence-electron chi connectivity index (χ1n) is 14.1. The Morgan fingerprint density at radius 2 is 1.56 bits per heavy atom. The molecule has 0 aliphatic heterocycles. The molecule has 0 atom stereocenters. The molecule has 0 amide bonds. The molecule has 0 radical (unpaired) electrons. The molecule has 2 N–H and O–H groups in total. The number of benzene rings is 3. The summed E-state index contributed by atoms with van der Waals surface area (Å²) in [5.41, 5.74) is 4.80. The zero-order valence-electron chi connectivity index (χ0n) is 23.4. The van der Waals surface area contributed by atoms with Crippen molar-refractivity contribution >= 4 is 35.0 Å². The molecule has 0 aliphatic carbocycles. The van der Waals surface area contributed by atoms with Crippen molar-refractivity contribution in [1.82, 2.24) is 4.57 Å². The average Bonchev–Trinajstić information content (AvgIpc) is 3.31. The zero-order valence-corrected chi connectivity index (χ0v) is 23.4. The molecule has 0 bridgehead atoms. The minimum atomic E-state index is -0.904. The van der Waals surface area contributed by atoms with Crippen molar-refractivity contribution in [3.63, 3.8) is 0 Å². The molecule has 214 valence electrons. The Kier molecular flexibility index (Phi) is 10.6. The van der Waals surface area contributed by atoms with Crippen LogP contribution in [0.2, 0.25) is 0 Å². The van der Waals surface area contributed by atoms with E-state index in [0.717, 1.165) is 52.8 Å². The highest BCUT2D eigenvalue weighted by molar-refractivity contribution is 5.96. The quantitative estimate of drug-likeness (QED) is 0.113. The van der Waals surface area contributed by atoms with Crippen molar-refractivity contribution in [3.8, 4) is 11.5 Å². The largest absolute Gasteiger partial charge is 0.494 e. The molecule has 0 unspecified atom stereocenters. The molecule has 0 aliphatic rings. The van der Waals surface area contributed by atoms with Crippen LogP contribution in [0.3, 0.4) is 0 Å². The number of unbranched alkanes of at least 4 members (excludes halogenated alkanes) is 1. The number of carboxylic acid groups (broad SMARTS) is 2. The first-order chi connectivity index (χ1) is 19.9. The Bertz CT molecular complexity index is 1490. The summed E-state index contributed by atoms with van der Waals surface area (Å²) in [5.74, 6) is -0.0241. The summed E-state index contributed by atoms with van der Waals surface area (Å²) in [6.45, 7) is 3.92. The fourth-order valence-corrected chi connectivity index (χ4v) is 4.79. The number of carbonyl (C=O) groups is 2. The number of aryl methyl sites for hydroxylation is 2. The summed E-state index contributed by atoms with van der Waals surface area (Å²) in [5, 5.41) is 19.3. The van der Waals surface area contributed by atoms with E-state index in [1.165, 1.54) is 5.56 Å². The summed E-state index contributed by atoms with van der Waals surface area (Å²) in [4.78, 5) is 22.5. The lowest BCUT2D eigenvalue weighted by molar-refractivity contribution is -0.137. The predicted octanol–water partition coefficient (Wildman–Crippen LogP) is 7.10. The first-order valence-corrected chi connectivity index (χ1v) is 14.1. The number of rotatable bonds is 16. The number of carboxylic acids is 2. The average molecular weight is 556 g/mol. The van der Waals surface area contributed by atoms with Crippen LogP contribution in [-0.4, -0.2) is 39.9 Å². The minimum Gasteiger partial charge on any atom is -0.494 e. The van der Waals surface area contributed by atoms with Crippen molar-refractivity contribution < 1.29 is 29.3 Å². The van der Waals surface area contributed by atoms with Gasteiger partial charge in [-0.05, 0) is 78.3 Å². The normalized spacial score (nSPS) is 11.2. The molecule has 4 aromatic rings. The monoisotopic (exact) mass is 555 g/mol. The molecule has 0 spiro atoms. The standard InChI is InChI=1S/C34H37NO6/c1-2-25-8-5-10-30(22-25)41-21-4-3-20-40-29-17-14-26(15-18-29)13-16-27-9-6-11-31-34(27)28(23-33(38)39)24-35(31)19-7-12-32(36)37/h5-6,8-11,13-18,22,24H,2-4,7,12,19-21,23H2,1H3,(H,36,37)(H,38,39)/b16-13+. The van der Waals surface area contributed by atoms with E-state index in [2.05, 4.69) is 19.1 Å². The third-order valence-electron chi connectivity index (χ3n) is 6.87. The maximum Gasteiger partial charge on any atom is 0.307 e. The van der Waals surface area contributed by atoms with E-state index in [0.29, 0.717) is 31.7 Å². The molecule has 4 rings (SSSR count). The summed E-state index contributed by atoms with van der Waals surface area (Å²) >= 11 is 0. The van der Waals surface area contributed by atoms with Crippen LogP contribution in [0.25, 0.3) is 23.1 Å². The fraction of sp³-hybridized carbons (Fsp3) is 0.294. The highest BCUT2D eigenvalue weighted by Crippen LogP contribution is 2.28. The van der Waals surface area contributed by atoms with E-state index in [-0.39, 0.29) is 12.8 Å². The smallest absolute Gasteiger partial charge is 0.307 e. The SMILES string of the molecule is CCc1cccc(OCCCCOc2ccc(/C=C/c3cccc4c3c(CC(=O)O)cn4CCCC(=O)O)cc2)c1. The van der Waals surface area contributed by atoms with Crippen molar-refractivity contribution in [2.75, 3.05) is 13.2 Å².